The second kappa shape index (κ2) is 9.92. The van der Waals surface area contributed by atoms with E-state index >= 15 is 0 Å². The molecule has 1 N–H and O–H groups in total. The lowest BCUT2D eigenvalue weighted by molar-refractivity contribution is -0.147. The van der Waals surface area contributed by atoms with Crippen LogP contribution in [-0.4, -0.2) is 34.6 Å². The van der Waals surface area contributed by atoms with Gasteiger partial charge in [-0.25, -0.2) is 0 Å². The van der Waals surface area contributed by atoms with Gasteiger partial charge in [0, 0.05) is 18.5 Å². The summed E-state index contributed by atoms with van der Waals surface area (Å²) < 4.78 is 0. The zero-order chi connectivity index (χ0) is 22.7. The molecular weight excluding hydrogens is 370 g/mol. The minimum atomic E-state index is -0.363. The largest absolute Gasteiger partial charge is 0.391 e. The molecule has 2 fully saturated rings. The van der Waals surface area contributed by atoms with Gasteiger partial charge in [-0.2, -0.15) is 0 Å². The smallest absolute Gasteiger partial charge is 0.227 e. The van der Waals surface area contributed by atoms with Crippen LogP contribution in [0.4, 0.5) is 0 Å². The predicted molar refractivity (Wildman–Crippen MR) is 127 cm³/mol. The maximum atomic E-state index is 13.9. The number of amides is 1. The van der Waals surface area contributed by atoms with Gasteiger partial charge < -0.3 is 10.0 Å². The topological polar surface area (TPSA) is 40.5 Å². The van der Waals surface area contributed by atoms with Crippen molar-refractivity contribution in [3.63, 3.8) is 0 Å². The highest BCUT2D eigenvalue weighted by Crippen LogP contribution is 2.49. The summed E-state index contributed by atoms with van der Waals surface area (Å²) in [6, 6.07) is 0.147. The molecule has 1 aliphatic heterocycles. The molecule has 5 atom stereocenters. The molecule has 3 heteroatoms. The summed E-state index contributed by atoms with van der Waals surface area (Å²) in [6.07, 6.45) is 11.7. The lowest BCUT2D eigenvalue weighted by Crippen LogP contribution is -2.50. The van der Waals surface area contributed by atoms with Crippen LogP contribution in [-0.2, 0) is 4.79 Å². The first kappa shape index (κ1) is 25.7. The van der Waals surface area contributed by atoms with Crippen LogP contribution < -0.4 is 0 Å². The van der Waals surface area contributed by atoms with Crippen molar-refractivity contribution in [2.24, 2.45) is 28.1 Å². The molecule has 0 aromatic rings. The number of aliphatic hydroxyl groups excluding tert-OH is 1. The third-order valence-electron chi connectivity index (χ3n) is 8.22. The molecule has 30 heavy (non-hydrogen) atoms. The first-order valence-electron chi connectivity index (χ1n) is 12.7. The minimum Gasteiger partial charge on any atom is -0.391 e. The molecule has 2 rings (SSSR count). The van der Waals surface area contributed by atoms with Gasteiger partial charge in [-0.1, -0.05) is 80.6 Å². The van der Waals surface area contributed by atoms with E-state index in [4.69, 9.17) is 0 Å². The standard InChI is InChI=1S/C27H51NO2/c1-20-18-22(29)19-28(20)24(30)23(26(5,6)7)27(8)16-12-10-9-11-14-21(15-13-17-27)25(2,3)4/h20-23,29H,9-19H2,1-8H3/t20-,21?,22-,23?,27?/m1/s1. The highest BCUT2D eigenvalue weighted by Gasteiger charge is 2.48. The normalized spacial score (nSPS) is 33.8. The lowest BCUT2D eigenvalue weighted by Gasteiger charge is -2.46. The SMILES string of the molecule is C[C@@H]1C[C@@H](O)CN1C(=O)C(C(C)(C)C)C1(C)CCCCCCC(C(C)(C)C)CCC1. The quantitative estimate of drug-likeness (QED) is 0.531. The molecule has 3 unspecified atom stereocenters. The lowest BCUT2D eigenvalue weighted by atomic mass is 9.60. The average Bonchev–Trinajstić information content (AvgIpc) is 2.90. The molecular formula is C27H51NO2. The van der Waals surface area contributed by atoms with E-state index in [1.54, 1.807) is 0 Å². The molecule has 0 bridgehead atoms. The van der Waals surface area contributed by atoms with Crippen molar-refractivity contribution < 1.29 is 9.90 Å². The molecule has 1 amide bonds. The zero-order valence-electron chi connectivity index (χ0n) is 21.4. The zero-order valence-corrected chi connectivity index (χ0v) is 21.4. The number of hydrogen-bond donors (Lipinski definition) is 1. The summed E-state index contributed by atoms with van der Waals surface area (Å²) in [5.74, 6) is 1.07. The molecule has 1 saturated carbocycles. The Bertz CT molecular complexity index is 558. The molecule has 176 valence electrons. The number of nitrogens with zero attached hydrogens (tertiary/aromatic N) is 1. The van der Waals surface area contributed by atoms with E-state index in [2.05, 4.69) is 55.4 Å². The number of carbonyl (C=O) groups excluding carboxylic acids is 1. The first-order chi connectivity index (χ1) is 13.8. The van der Waals surface area contributed by atoms with Gasteiger partial charge in [-0.15, -0.1) is 0 Å². The predicted octanol–water partition coefficient (Wildman–Crippen LogP) is 6.82. The molecule has 1 aliphatic carbocycles. The Morgan fingerprint density at radius 3 is 2.07 bits per heavy atom. The van der Waals surface area contributed by atoms with Crippen molar-refractivity contribution in [3.05, 3.63) is 0 Å². The van der Waals surface area contributed by atoms with Crippen LogP contribution >= 0.6 is 0 Å². The van der Waals surface area contributed by atoms with E-state index in [1.807, 2.05) is 4.90 Å². The summed E-state index contributed by atoms with van der Waals surface area (Å²) in [6.45, 7) is 19.0. The monoisotopic (exact) mass is 421 g/mol. The molecule has 0 spiro atoms. The molecule has 3 nitrogen and oxygen atoms in total. The van der Waals surface area contributed by atoms with E-state index in [9.17, 15) is 9.90 Å². The Kier molecular flexibility index (Phi) is 8.50. The van der Waals surface area contributed by atoms with Crippen molar-refractivity contribution in [1.29, 1.82) is 0 Å². The van der Waals surface area contributed by atoms with Gasteiger partial charge in [0.1, 0.15) is 0 Å². The third-order valence-corrected chi connectivity index (χ3v) is 8.22. The second-order valence-corrected chi connectivity index (χ2v) is 13.1. The van der Waals surface area contributed by atoms with Crippen molar-refractivity contribution >= 4 is 5.91 Å². The third kappa shape index (κ3) is 6.47. The maximum Gasteiger partial charge on any atom is 0.227 e. The van der Waals surface area contributed by atoms with E-state index < -0.39 is 0 Å². The van der Waals surface area contributed by atoms with E-state index in [1.165, 1.54) is 44.9 Å². The van der Waals surface area contributed by atoms with Gasteiger partial charge in [0.05, 0.1) is 6.10 Å². The molecule has 0 aromatic carbocycles. The fourth-order valence-corrected chi connectivity index (χ4v) is 6.64. The van der Waals surface area contributed by atoms with E-state index in [-0.39, 0.29) is 34.8 Å². The highest BCUT2D eigenvalue weighted by atomic mass is 16.3. The molecule has 1 saturated heterocycles. The van der Waals surface area contributed by atoms with Crippen LogP contribution in [0, 0.1) is 28.1 Å². The summed E-state index contributed by atoms with van der Waals surface area (Å²) >= 11 is 0. The fourth-order valence-electron chi connectivity index (χ4n) is 6.64. The molecule has 0 aromatic heterocycles. The molecule has 1 heterocycles. The molecule has 0 radical (unpaired) electrons. The number of likely N-dealkylation sites (tertiary alicyclic amines) is 1. The van der Waals surface area contributed by atoms with Crippen molar-refractivity contribution in [3.8, 4) is 0 Å². The van der Waals surface area contributed by atoms with Crippen LogP contribution in [0.15, 0.2) is 0 Å². The van der Waals surface area contributed by atoms with Crippen LogP contribution in [0.5, 0.6) is 0 Å². The Balaban J connectivity index is 2.28. The van der Waals surface area contributed by atoms with Gasteiger partial charge in [0.2, 0.25) is 5.91 Å². The molecule has 2 aliphatic rings. The number of hydrogen-bond acceptors (Lipinski definition) is 2. The van der Waals surface area contributed by atoms with E-state index in [0.717, 1.165) is 18.8 Å². The van der Waals surface area contributed by atoms with Gasteiger partial charge in [-0.05, 0) is 61.2 Å². The fraction of sp³-hybridized carbons (Fsp3) is 0.963. The van der Waals surface area contributed by atoms with Crippen molar-refractivity contribution in [2.45, 2.75) is 132 Å². The van der Waals surface area contributed by atoms with Gasteiger partial charge in [0.15, 0.2) is 0 Å². The number of β-amino-alcohol motifs (C(OH)–C–C–N with tert-alkyl or cyclic N) is 1. The second-order valence-electron chi connectivity index (χ2n) is 13.1. The summed E-state index contributed by atoms with van der Waals surface area (Å²) in [5, 5.41) is 10.2. The Morgan fingerprint density at radius 2 is 1.53 bits per heavy atom. The van der Waals surface area contributed by atoms with Gasteiger partial charge in [0.25, 0.3) is 0 Å². The first-order valence-corrected chi connectivity index (χ1v) is 12.7. The van der Waals surface area contributed by atoms with Crippen LogP contribution in [0.2, 0.25) is 0 Å². The Hall–Kier alpha value is -0.570. The van der Waals surface area contributed by atoms with Gasteiger partial charge >= 0.3 is 0 Å². The maximum absolute atomic E-state index is 13.9. The summed E-state index contributed by atoms with van der Waals surface area (Å²) in [5.41, 5.74) is 0.308. The Labute approximate surface area is 187 Å². The van der Waals surface area contributed by atoms with Gasteiger partial charge in [-0.3, -0.25) is 4.79 Å². The Morgan fingerprint density at radius 1 is 0.967 bits per heavy atom. The van der Waals surface area contributed by atoms with Crippen LogP contribution in [0.25, 0.3) is 0 Å². The van der Waals surface area contributed by atoms with Crippen LogP contribution in [0.3, 0.4) is 0 Å². The minimum absolute atomic E-state index is 0.00610. The van der Waals surface area contributed by atoms with Crippen LogP contribution in [0.1, 0.15) is 120 Å². The number of carbonyl (C=O) groups is 1. The number of rotatable bonds is 2. The van der Waals surface area contributed by atoms with Crippen molar-refractivity contribution in [1.82, 2.24) is 4.90 Å². The van der Waals surface area contributed by atoms with Crippen molar-refractivity contribution in [2.75, 3.05) is 6.54 Å². The average molecular weight is 422 g/mol. The summed E-state index contributed by atoms with van der Waals surface area (Å²) in [7, 11) is 0. The summed E-state index contributed by atoms with van der Waals surface area (Å²) in [4.78, 5) is 15.9. The highest BCUT2D eigenvalue weighted by molar-refractivity contribution is 5.81. The van der Waals surface area contributed by atoms with E-state index in [0.29, 0.717) is 18.4 Å². The number of aliphatic hydroxyl groups is 1.